The molecule has 112 valence electrons. The molecular weight excluding hydrogens is 312 g/mol. The molecule has 3 aromatic rings. The third-order valence-electron chi connectivity index (χ3n) is 3.31. The molecule has 1 N–H and O–H groups in total. The second-order valence-corrected chi connectivity index (χ2v) is 5.18. The van der Waals surface area contributed by atoms with Gasteiger partial charge in [0.15, 0.2) is 5.76 Å². The Balaban J connectivity index is 2.01. The number of nitrogens with one attached hydrogen (secondary N) is 1. The van der Waals surface area contributed by atoms with E-state index >= 15 is 0 Å². The molecule has 0 radical (unpaired) electrons. The van der Waals surface area contributed by atoms with Crippen molar-refractivity contribution in [2.45, 2.75) is 6.92 Å². The minimum atomic E-state index is -0.856. The van der Waals surface area contributed by atoms with Crippen LogP contribution >= 0.6 is 11.6 Å². The molecular formula is C16H10ClF2NO2. The fourth-order valence-electron chi connectivity index (χ4n) is 2.20. The van der Waals surface area contributed by atoms with Crippen molar-refractivity contribution in [3.63, 3.8) is 0 Å². The summed E-state index contributed by atoms with van der Waals surface area (Å²) in [5, 5.41) is 3.37. The molecule has 1 amide bonds. The molecule has 1 heterocycles. The first-order chi connectivity index (χ1) is 10.5. The summed E-state index contributed by atoms with van der Waals surface area (Å²) in [6, 6.07) is 8.26. The van der Waals surface area contributed by atoms with E-state index in [1.165, 1.54) is 6.07 Å². The van der Waals surface area contributed by atoms with Crippen molar-refractivity contribution in [3.05, 3.63) is 64.4 Å². The number of halogens is 3. The first-order valence-electron chi connectivity index (χ1n) is 6.41. The summed E-state index contributed by atoms with van der Waals surface area (Å²) in [7, 11) is 0. The van der Waals surface area contributed by atoms with Crippen LogP contribution in [0.15, 0.2) is 40.8 Å². The van der Waals surface area contributed by atoms with Crippen molar-refractivity contribution >= 4 is 34.2 Å². The highest BCUT2D eigenvalue weighted by Gasteiger charge is 2.20. The number of hydrogen-bond acceptors (Lipinski definition) is 2. The van der Waals surface area contributed by atoms with Crippen LogP contribution in [0.4, 0.5) is 14.5 Å². The van der Waals surface area contributed by atoms with E-state index < -0.39 is 23.2 Å². The Morgan fingerprint density at radius 3 is 2.55 bits per heavy atom. The van der Waals surface area contributed by atoms with Gasteiger partial charge in [-0.2, -0.15) is 0 Å². The largest absolute Gasteiger partial charge is 0.451 e. The number of amides is 1. The van der Waals surface area contributed by atoms with Gasteiger partial charge >= 0.3 is 0 Å². The van der Waals surface area contributed by atoms with Gasteiger partial charge in [-0.05, 0) is 37.3 Å². The number of rotatable bonds is 2. The van der Waals surface area contributed by atoms with Gasteiger partial charge in [0.2, 0.25) is 0 Å². The van der Waals surface area contributed by atoms with Crippen LogP contribution in [0.5, 0.6) is 0 Å². The zero-order valence-electron chi connectivity index (χ0n) is 11.4. The average molecular weight is 322 g/mol. The molecule has 3 rings (SSSR count). The van der Waals surface area contributed by atoms with E-state index in [4.69, 9.17) is 16.0 Å². The number of carbonyl (C=O) groups is 1. The monoisotopic (exact) mass is 321 g/mol. The molecule has 3 nitrogen and oxygen atoms in total. The molecule has 0 saturated heterocycles. The van der Waals surface area contributed by atoms with E-state index in [-0.39, 0.29) is 5.76 Å². The first kappa shape index (κ1) is 14.5. The molecule has 0 aliphatic carbocycles. The van der Waals surface area contributed by atoms with E-state index in [9.17, 15) is 13.6 Å². The fourth-order valence-corrected chi connectivity index (χ4v) is 2.37. The Bertz CT molecular complexity index is 869. The van der Waals surface area contributed by atoms with Gasteiger partial charge in [-0.15, -0.1) is 0 Å². The summed E-state index contributed by atoms with van der Waals surface area (Å²) in [5.74, 6) is -2.45. The van der Waals surface area contributed by atoms with Crippen molar-refractivity contribution < 1.29 is 18.0 Å². The molecule has 22 heavy (non-hydrogen) atoms. The Morgan fingerprint density at radius 2 is 1.86 bits per heavy atom. The van der Waals surface area contributed by atoms with Crippen molar-refractivity contribution in [1.29, 1.82) is 0 Å². The molecule has 0 unspecified atom stereocenters. The van der Waals surface area contributed by atoms with Gasteiger partial charge in [0.05, 0.1) is 0 Å². The van der Waals surface area contributed by atoms with Crippen molar-refractivity contribution in [2.75, 3.05) is 5.32 Å². The number of hydrogen-bond donors (Lipinski definition) is 1. The minimum Gasteiger partial charge on any atom is -0.451 e. The maximum atomic E-state index is 13.6. The van der Waals surface area contributed by atoms with Gasteiger partial charge in [0.1, 0.15) is 22.9 Å². The third-order valence-corrected chi connectivity index (χ3v) is 3.54. The number of benzene rings is 2. The standard InChI is InChI=1S/C16H10ClF2NO2/c1-8-10-7-9(17)5-6-13(10)22-15(8)16(21)20-14-11(18)3-2-4-12(14)19/h2-7H,1H3,(H,20,21). The molecule has 6 heteroatoms. The fraction of sp³-hybridized carbons (Fsp3) is 0.0625. The number of para-hydroxylation sites is 1. The van der Waals surface area contributed by atoms with Gasteiger partial charge in [-0.25, -0.2) is 8.78 Å². The molecule has 0 aliphatic heterocycles. The number of aryl methyl sites for hydroxylation is 1. The lowest BCUT2D eigenvalue weighted by Crippen LogP contribution is -2.14. The number of fused-ring (bicyclic) bond motifs is 1. The summed E-state index contributed by atoms with van der Waals surface area (Å²) in [5.41, 5.74) is 0.512. The van der Waals surface area contributed by atoms with Crippen molar-refractivity contribution in [2.24, 2.45) is 0 Å². The summed E-state index contributed by atoms with van der Waals surface area (Å²) in [4.78, 5) is 12.2. The molecule has 0 aliphatic rings. The summed E-state index contributed by atoms with van der Waals surface area (Å²) < 4.78 is 32.6. The van der Waals surface area contributed by atoms with Crippen LogP contribution in [0.3, 0.4) is 0 Å². The van der Waals surface area contributed by atoms with Gasteiger partial charge < -0.3 is 9.73 Å². The molecule has 0 atom stereocenters. The summed E-state index contributed by atoms with van der Waals surface area (Å²) >= 11 is 5.91. The van der Waals surface area contributed by atoms with E-state index in [0.717, 1.165) is 12.1 Å². The lowest BCUT2D eigenvalue weighted by molar-refractivity contribution is 0.0997. The molecule has 0 bridgehead atoms. The normalized spacial score (nSPS) is 10.9. The second-order valence-electron chi connectivity index (χ2n) is 4.75. The maximum absolute atomic E-state index is 13.6. The van der Waals surface area contributed by atoms with Gasteiger partial charge in [-0.1, -0.05) is 17.7 Å². The first-order valence-corrected chi connectivity index (χ1v) is 6.79. The van der Waals surface area contributed by atoms with Crippen molar-refractivity contribution in [3.8, 4) is 0 Å². The zero-order valence-corrected chi connectivity index (χ0v) is 12.2. The minimum absolute atomic E-state index is 0.0140. The average Bonchev–Trinajstić information content (AvgIpc) is 2.80. The van der Waals surface area contributed by atoms with Gasteiger partial charge in [-0.3, -0.25) is 4.79 Å². The predicted molar refractivity (Wildman–Crippen MR) is 80.3 cm³/mol. The Labute approximate surface area is 129 Å². The molecule has 0 saturated carbocycles. The Kier molecular flexibility index (Phi) is 3.58. The van der Waals surface area contributed by atoms with Crippen LogP contribution in [-0.4, -0.2) is 5.91 Å². The molecule has 0 fully saturated rings. The van der Waals surface area contributed by atoms with E-state index in [1.807, 2.05) is 0 Å². The van der Waals surface area contributed by atoms with E-state index in [1.54, 1.807) is 25.1 Å². The Hall–Kier alpha value is -2.40. The topological polar surface area (TPSA) is 42.2 Å². The summed E-state index contributed by atoms with van der Waals surface area (Å²) in [6.07, 6.45) is 0. The van der Waals surface area contributed by atoms with Crippen LogP contribution in [0.25, 0.3) is 11.0 Å². The van der Waals surface area contributed by atoms with Crippen LogP contribution < -0.4 is 5.32 Å². The van der Waals surface area contributed by atoms with E-state index in [0.29, 0.717) is 21.6 Å². The predicted octanol–water partition coefficient (Wildman–Crippen LogP) is 4.93. The summed E-state index contributed by atoms with van der Waals surface area (Å²) in [6.45, 7) is 1.68. The van der Waals surface area contributed by atoms with Crippen LogP contribution in [0.2, 0.25) is 5.02 Å². The second kappa shape index (κ2) is 5.42. The lowest BCUT2D eigenvalue weighted by atomic mass is 10.1. The van der Waals surface area contributed by atoms with E-state index in [2.05, 4.69) is 5.32 Å². The van der Waals surface area contributed by atoms with Crippen LogP contribution in [-0.2, 0) is 0 Å². The Morgan fingerprint density at radius 1 is 1.18 bits per heavy atom. The highest BCUT2D eigenvalue weighted by atomic mass is 35.5. The van der Waals surface area contributed by atoms with Crippen LogP contribution in [0, 0.1) is 18.6 Å². The highest BCUT2D eigenvalue weighted by Crippen LogP contribution is 2.29. The van der Waals surface area contributed by atoms with Crippen molar-refractivity contribution in [1.82, 2.24) is 0 Å². The van der Waals surface area contributed by atoms with Crippen LogP contribution in [0.1, 0.15) is 16.1 Å². The maximum Gasteiger partial charge on any atom is 0.291 e. The molecule has 0 spiro atoms. The lowest BCUT2D eigenvalue weighted by Gasteiger charge is -2.06. The molecule has 1 aromatic heterocycles. The zero-order chi connectivity index (χ0) is 15.9. The number of carbonyl (C=O) groups excluding carboxylic acids is 1. The third kappa shape index (κ3) is 2.44. The number of furan rings is 1. The smallest absolute Gasteiger partial charge is 0.291 e. The van der Waals surface area contributed by atoms with Gasteiger partial charge in [0, 0.05) is 16.0 Å². The highest BCUT2D eigenvalue weighted by molar-refractivity contribution is 6.31. The van der Waals surface area contributed by atoms with Gasteiger partial charge in [0.25, 0.3) is 5.91 Å². The number of anilines is 1. The SMILES string of the molecule is Cc1c(C(=O)Nc2c(F)cccc2F)oc2ccc(Cl)cc12. The quantitative estimate of drug-likeness (QED) is 0.727. The molecule has 2 aromatic carbocycles.